The summed E-state index contributed by atoms with van der Waals surface area (Å²) < 4.78 is 4.98. The smallest absolute Gasteiger partial charge is 0.310 e. The minimum absolute atomic E-state index is 0. The van der Waals surface area contributed by atoms with Crippen LogP contribution in [0.25, 0.3) is 0 Å². The van der Waals surface area contributed by atoms with Crippen LogP contribution in [0.1, 0.15) is 47.3 Å². The van der Waals surface area contributed by atoms with Gasteiger partial charge in [0.1, 0.15) is 0 Å². The summed E-state index contributed by atoms with van der Waals surface area (Å²) in [4.78, 5) is 22.6. The lowest BCUT2D eigenvalue weighted by Crippen LogP contribution is -2.31. The maximum Gasteiger partial charge on any atom is 0.310 e. The Hall–Kier alpha value is -2.64. The van der Waals surface area contributed by atoms with E-state index in [2.05, 4.69) is 19.2 Å². The predicted molar refractivity (Wildman–Crippen MR) is 107 cm³/mol. The van der Waals surface area contributed by atoms with Crippen molar-refractivity contribution in [3.63, 3.8) is 0 Å². The summed E-state index contributed by atoms with van der Waals surface area (Å²) in [6, 6.07) is 11.6. The third-order valence-electron chi connectivity index (χ3n) is 4.15. The Morgan fingerprint density at radius 3 is 2.30 bits per heavy atom. The van der Waals surface area contributed by atoms with Gasteiger partial charge in [-0.05, 0) is 23.1 Å². The number of carbonyl (C=O) groups excluding carboxylic acids is 1. The third-order valence-corrected chi connectivity index (χ3v) is 4.15. The number of nitrogens with one attached hydrogen (secondary N) is 1. The topological polar surface area (TPSA) is 107 Å². The molecular weight excluding hydrogens is 370 g/mol. The van der Waals surface area contributed by atoms with Crippen molar-refractivity contribution >= 4 is 24.0 Å². The fourth-order valence-corrected chi connectivity index (χ4v) is 2.52. The van der Waals surface area contributed by atoms with Gasteiger partial charge in [-0.1, -0.05) is 38.1 Å². The standard InChI is InChI=1S/C19H23N3O4.ClH/c1-12(2)13-4-6-14(7-5-13)16(20)11-21-19(23)15-8-9-17(22(24)25)18(10-15)26-3;/h4-10,12,16H,11,20H2,1-3H3,(H,21,23);1H. The molecule has 2 aromatic rings. The lowest BCUT2D eigenvalue weighted by molar-refractivity contribution is -0.385. The normalized spacial score (nSPS) is 11.4. The lowest BCUT2D eigenvalue weighted by atomic mass is 9.99. The van der Waals surface area contributed by atoms with Crippen LogP contribution in [0.4, 0.5) is 5.69 Å². The molecule has 2 rings (SSSR count). The first kappa shape index (κ1) is 22.4. The monoisotopic (exact) mass is 393 g/mol. The number of nitrogens with two attached hydrogens (primary N) is 1. The fourth-order valence-electron chi connectivity index (χ4n) is 2.52. The van der Waals surface area contributed by atoms with Gasteiger partial charge in [0.15, 0.2) is 5.75 Å². The summed E-state index contributed by atoms with van der Waals surface area (Å²) in [5.41, 5.74) is 8.37. The Morgan fingerprint density at radius 2 is 1.78 bits per heavy atom. The highest BCUT2D eigenvalue weighted by molar-refractivity contribution is 5.95. The van der Waals surface area contributed by atoms with Gasteiger partial charge in [-0.3, -0.25) is 14.9 Å². The van der Waals surface area contributed by atoms with Gasteiger partial charge in [0.25, 0.3) is 5.91 Å². The van der Waals surface area contributed by atoms with Gasteiger partial charge in [-0.2, -0.15) is 0 Å². The molecule has 0 saturated heterocycles. The summed E-state index contributed by atoms with van der Waals surface area (Å²) in [5.74, 6) is 0.112. The minimum atomic E-state index is -0.558. The van der Waals surface area contributed by atoms with E-state index in [0.717, 1.165) is 5.56 Å². The summed E-state index contributed by atoms with van der Waals surface area (Å²) in [5, 5.41) is 13.7. The second kappa shape index (κ2) is 9.89. The van der Waals surface area contributed by atoms with E-state index in [1.54, 1.807) is 0 Å². The van der Waals surface area contributed by atoms with Crippen molar-refractivity contribution in [3.8, 4) is 5.75 Å². The van der Waals surface area contributed by atoms with E-state index >= 15 is 0 Å². The summed E-state index contributed by atoms with van der Waals surface area (Å²) in [6.07, 6.45) is 0. The molecule has 0 saturated carbocycles. The number of ether oxygens (including phenoxy) is 1. The molecule has 0 heterocycles. The van der Waals surface area contributed by atoms with Gasteiger partial charge in [-0.15, -0.1) is 12.4 Å². The van der Waals surface area contributed by atoms with E-state index in [9.17, 15) is 14.9 Å². The molecule has 2 aromatic carbocycles. The van der Waals surface area contributed by atoms with Crippen molar-refractivity contribution in [2.45, 2.75) is 25.8 Å². The van der Waals surface area contributed by atoms with Gasteiger partial charge in [0.2, 0.25) is 0 Å². The van der Waals surface area contributed by atoms with Crippen molar-refractivity contribution in [2.75, 3.05) is 13.7 Å². The van der Waals surface area contributed by atoms with Crippen LogP contribution in [-0.2, 0) is 0 Å². The first-order valence-electron chi connectivity index (χ1n) is 8.29. The molecule has 0 radical (unpaired) electrons. The SMILES string of the molecule is COc1cc(C(=O)NCC(N)c2ccc(C(C)C)cc2)ccc1[N+](=O)[O-].Cl. The van der Waals surface area contributed by atoms with Crippen LogP contribution in [-0.4, -0.2) is 24.5 Å². The average molecular weight is 394 g/mol. The highest BCUT2D eigenvalue weighted by Crippen LogP contribution is 2.27. The molecule has 0 bridgehead atoms. The molecule has 0 spiro atoms. The second-order valence-corrected chi connectivity index (χ2v) is 6.28. The molecule has 146 valence electrons. The molecule has 0 aliphatic carbocycles. The molecular formula is C19H24ClN3O4. The number of carbonyl (C=O) groups is 1. The molecule has 0 aromatic heterocycles. The largest absolute Gasteiger partial charge is 0.490 e. The zero-order valence-electron chi connectivity index (χ0n) is 15.5. The third kappa shape index (κ3) is 5.67. The van der Waals surface area contributed by atoms with Crippen molar-refractivity contribution in [1.29, 1.82) is 0 Å². The van der Waals surface area contributed by atoms with Crippen LogP contribution in [0.5, 0.6) is 5.75 Å². The summed E-state index contributed by atoms with van der Waals surface area (Å²) in [6.45, 7) is 4.49. The van der Waals surface area contributed by atoms with Crippen LogP contribution in [0, 0.1) is 10.1 Å². The Bertz CT molecular complexity index is 794. The molecule has 8 heteroatoms. The maximum absolute atomic E-state index is 12.3. The Morgan fingerprint density at radius 1 is 1.19 bits per heavy atom. The molecule has 1 atom stereocenters. The Kier molecular flexibility index (Phi) is 8.21. The van der Waals surface area contributed by atoms with Gasteiger partial charge in [0, 0.05) is 30.3 Å². The molecule has 0 fully saturated rings. The molecule has 7 nitrogen and oxygen atoms in total. The van der Waals surface area contributed by atoms with Gasteiger partial charge in [0.05, 0.1) is 12.0 Å². The van der Waals surface area contributed by atoms with Gasteiger partial charge < -0.3 is 15.8 Å². The number of rotatable bonds is 7. The molecule has 3 N–H and O–H groups in total. The number of amides is 1. The van der Waals surface area contributed by atoms with E-state index in [0.29, 0.717) is 5.92 Å². The first-order chi connectivity index (χ1) is 12.3. The van der Waals surface area contributed by atoms with Crippen molar-refractivity contribution in [3.05, 3.63) is 69.3 Å². The quantitative estimate of drug-likeness (QED) is 0.552. The number of hydrogen-bond acceptors (Lipinski definition) is 5. The van der Waals surface area contributed by atoms with Crippen molar-refractivity contribution in [2.24, 2.45) is 5.73 Å². The molecule has 0 aliphatic heterocycles. The number of nitrogens with zero attached hydrogens (tertiary/aromatic N) is 1. The van der Waals surface area contributed by atoms with E-state index in [4.69, 9.17) is 10.5 Å². The Labute approximate surface area is 164 Å². The fraction of sp³-hybridized carbons (Fsp3) is 0.316. The van der Waals surface area contributed by atoms with Gasteiger partial charge in [-0.25, -0.2) is 0 Å². The van der Waals surface area contributed by atoms with E-state index in [-0.39, 0.29) is 47.9 Å². The summed E-state index contributed by atoms with van der Waals surface area (Å²) in [7, 11) is 1.32. The van der Waals surface area contributed by atoms with E-state index < -0.39 is 4.92 Å². The zero-order chi connectivity index (χ0) is 19.3. The highest BCUT2D eigenvalue weighted by atomic mass is 35.5. The van der Waals surface area contributed by atoms with E-state index in [1.165, 1.54) is 30.9 Å². The maximum atomic E-state index is 12.3. The van der Waals surface area contributed by atoms with Crippen LogP contribution in [0.15, 0.2) is 42.5 Å². The van der Waals surface area contributed by atoms with Crippen LogP contribution >= 0.6 is 12.4 Å². The predicted octanol–water partition coefficient (Wildman–Crippen LogP) is 3.58. The van der Waals surface area contributed by atoms with Crippen molar-refractivity contribution in [1.82, 2.24) is 5.32 Å². The Balaban J connectivity index is 0.00000364. The van der Waals surface area contributed by atoms with Crippen LogP contribution in [0.3, 0.4) is 0 Å². The number of hydrogen-bond donors (Lipinski definition) is 2. The number of nitro groups is 1. The van der Waals surface area contributed by atoms with Gasteiger partial charge >= 0.3 is 5.69 Å². The van der Waals surface area contributed by atoms with Crippen LogP contribution in [0.2, 0.25) is 0 Å². The van der Waals surface area contributed by atoms with E-state index in [1.807, 2.05) is 24.3 Å². The van der Waals surface area contributed by atoms with Crippen molar-refractivity contribution < 1.29 is 14.5 Å². The first-order valence-corrected chi connectivity index (χ1v) is 8.29. The number of benzene rings is 2. The molecule has 0 aliphatic rings. The zero-order valence-corrected chi connectivity index (χ0v) is 16.3. The average Bonchev–Trinajstić information content (AvgIpc) is 2.65. The molecule has 27 heavy (non-hydrogen) atoms. The summed E-state index contributed by atoms with van der Waals surface area (Å²) >= 11 is 0. The molecule has 1 unspecified atom stereocenters. The lowest BCUT2D eigenvalue weighted by Gasteiger charge is -2.15. The number of halogens is 1. The molecule has 1 amide bonds. The number of nitro benzene ring substituents is 1. The highest BCUT2D eigenvalue weighted by Gasteiger charge is 2.18. The number of methoxy groups -OCH3 is 1. The minimum Gasteiger partial charge on any atom is -0.490 e. The van der Waals surface area contributed by atoms with Crippen LogP contribution < -0.4 is 15.8 Å². The second-order valence-electron chi connectivity index (χ2n) is 6.28.